The molecule has 5 nitrogen and oxygen atoms in total. The molecule has 1 heterocycles. The van der Waals surface area contributed by atoms with Crippen LogP contribution in [0.15, 0.2) is 36.4 Å². The first-order valence-electron chi connectivity index (χ1n) is 9.70. The number of benzene rings is 2. The second-order valence-corrected chi connectivity index (χ2v) is 7.48. The van der Waals surface area contributed by atoms with Crippen molar-refractivity contribution in [3.63, 3.8) is 0 Å². The molecule has 0 atom stereocenters. The molecule has 2 N–H and O–H groups in total. The van der Waals surface area contributed by atoms with Crippen LogP contribution in [0.25, 0.3) is 0 Å². The van der Waals surface area contributed by atoms with E-state index in [0.29, 0.717) is 23.7 Å². The van der Waals surface area contributed by atoms with E-state index in [1.165, 1.54) is 23.2 Å². The SMILES string of the molecule is CCN1CCCc2cc(CCNC(=O)C(=O)Nc3ccc(C)c(Cl)c3)ccc21. The van der Waals surface area contributed by atoms with Gasteiger partial charge in [-0.2, -0.15) is 0 Å². The molecular formula is C22H26ClN3O2. The van der Waals surface area contributed by atoms with Crippen molar-refractivity contribution in [1.29, 1.82) is 0 Å². The van der Waals surface area contributed by atoms with Crippen molar-refractivity contribution in [2.75, 3.05) is 29.9 Å². The average molecular weight is 400 g/mol. The maximum absolute atomic E-state index is 12.0. The summed E-state index contributed by atoms with van der Waals surface area (Å²) in [6.45, 7) is 6.59. The highest BCUT2D eigenvalue weighted by molar-refractivity contribution is 6.39. The van der Waals surface area contributed by atoms with Crippen molar-refractivity contribution in [1.82, 2.24) is 5.32 Å². The second kappa shape index (κ2) is 9.11. The lowest BCUT2D eigenvalue weighted by Crippen LogP contribution is -2.36. The number of carbonyl (C=O) groups excluding carboxylic acids is 2. The lowest BCUT2D eigenvalue weighted by molar-refractivity contribution is -0.136. The van der Waals surface area contributed by atoms with Gasteiger partial charge in [-0.3, -0.25) is 9.59 Å². The first-order chi connectivity index (χ1) is 13.5. The predicted molar refractivity (Wildman–Crippen MR) is 114 cm³/mol. The number of amides is 2. The highest BCUT2D eigenvalue weighted by atomic mass is 35.5. The van der Waals surface area contributed by atoms with Gasteiger partial charge in [-0.25, -0.2) is 0 Å². The fourth-order valence-corrected chi connectivity index (χ4v) is 3.65. The third-order valence-electron chi connectivity index (χ3n) is 5.08. The van der Waals surface area contributed by atoms with Crippen LogP contribution in [0.3, 0.4) is 0 Å². The van der Waals surface area contributed by atoms with E-state index in [0.717, 1.165) is 25.1 Å². The topological polar surface area (TPSA) is 61.4 Å². The Bertz CT molecular complexity index is 882. The summed E-state index contributed by atoms with van der Waals surface area (Å²) >= 11 is 6.04. The van der Waals surface area contributed by atoms with E-state index in [1.807, 2.05) is 6.92 Å². The molecule has 0 unspecified atom stereocenters. The van der Waals surface area contributed by atoms with Crippen molar-refractivity contribution < 1.29 is 9.59 Å². The molecule has 0 saturated heterocycles. The van der Waals surface area contributed by atoms with Crippen LogP contribution in [0, 0.1) is 6.92 Å². The number of hydrogen-bond donors (Lipinski definition) is 2. The molecular weight excluding hydrogens is 374 g/mol. The van der Waals surface area contributed by atoms with Gasteiger partial charge in [-0.15, -0.1) is 0 Å². The quantitative estimate of drug-likeness (QED) is 0.753. The third kappa shape index (κ3) is 4.84. The molecule has 0 bridgehead atoms. The van der Waals surface area contributed by atoms with Crippen LogP contribution < -0.4 is 15.5 Å². The summed E-state index contributed by atoms with van der Waals surface area (Å²) in [5, 5.41) is 5.80. The van der Waals surface area contributed by atoms with Crippen LogP contribution in [0.4, 0.5) is 11.4 Å². The van der Waals surface area contributed by atoms with Gasteiger partial charge in [-0.1, -0.05) is 29.8 Å². The summed E-state index contributed by atoms with van der Waals surface area (Å²) in [6, 6.07) is 11.6. The van der Waals surface area contributed by atoms with Gasteiger partial charge in [0.25, 0.3) is 0 Å². The summed E-state index contributed by atoms with van der Waals surface area (Å²) in [6.07, 6.45) is 2.95. The Morgan fingerprint density at radius 2 is 1.96 bits per heavy atom. The summed E-state index contributed by atoms with van der Waals surface area (Å²) in [5.41, 5.74) is 5.27. The third-order valence-corrected chi connectivity index (χ3v) is 5.48. The van der Waals surface area contributed by atoms with Crippen molar-refractivity contribution in [2.45, 2.75) is 33.1 Å². The maximum atomic E-state index is 12.0. The summed E-state index contributed by atoms with van der Waals surface area (Å²) in [5.74, 6) is -1.34. The van der Waals surface area contributed by atoms with Crippen LogP contribution in [-0.2, 0) is 22.4 Å². The minimum absolute atomic E-state index is 0.414. The smallest absolute Gasteiger partial charge is 0.313 e. The molecule has 1 aliphatic heterocycles. The summed E-state index contributed by atoms with van der Waals surface area (Å²) in [4.78, 5) is 26.5. The molecule has 2 aromatic rings. The van der Waals surface area contributed by atoms with Gasteiger partial charge in [0, 0.05) is 36.0 Å². The van der Waals surface area contributed by atoms with E-state index in [4.69, 9.17) is 11.6 Å². The highest BCUT2D eigenvalue weighted by Gasteiger charge is 2.16. The zero-order valence-electron chi connectivity index (χ0n) is 16.3. The number of rotatable bonds is 5. The molecule has 1 aliphatic rings. The predicted octanol–water partition coefficient (Wildman–Crippen LogP) is 3.72. The number of anilines is 2. The molecule has 0 radical (unpaired) electrons. The lowest BCUT2D eigenvalue weighted by atomic mass is 9.98. The maximum Gasteiger partial charge on any atom is 0.313 e. The molecule has 0 saturated carbocycles. The Kier molecular flexibility index (Phi) is 6.57. The van der Waals surface area contributed by atoms with E-state index in [1.54, 1.807) is 18.2 Å². The molecule has 0 aliphatic carbocycles. The lowest BCUT2D eigenvalue weighted by Gasteiger charge is -2.30. The molecule has 28 heavy (non-hydrogen) atoms. The van der Waals surface area contributed by atoms with Crippen molar-refractivity contribution in [3.8, 4) is 0 Å². The first kappa shape index (κ1) is 20.2. The Morgan fingerprint density at radius 3 is 2.71 bits per heavy atom. The van der Waals surface area contributed by atoms with Gasteiger partial charge >= 0.3 is 11.8 Å². The van der Waals surface area contributed by atoms with Crippen LogP contribution >= 0.6 is 11.6 Å². The molecule has 3 rings (SSSR count). The minimum atomic E-state index is -0.691. The standard InChI is InChI=1S/C22H26ClN3O2/c1-3-26-12-4-5-17-13-16(7-9-20(17)26)10-11-24-21(27)22(28)25-18-8-6-15(2)19(23)14-18/h6-9,13-14H,3-5,10-12H2,1-2H3,(H,24,27)(H,25,28). The number of fused-ring (bicyclic) bond motifs is 1. The van der Waals surface area contributed by atoms with Crippen molar-refractivity contribution >= 4 is 34.8 Å². The van der Waals surface area contributed by atoms with Crippen molar-refractivity contribution in [2.24, 2.45) is 0 Å². The minimum Gasteiger partial charge on any atom is -0.372 e. The first-order valence-corrected chi connectivity index (χ1v) is 10.1. The van der Waals surface area contributed by atoms with Crippen LogP contribution in [-0.4, -0.2) is 31.4 Å². The van der Waals surface area contributed by atoms with Crippen LogP contribution in [0.5, 0.6) is 0 Å². The fourth-order valence-electron chi connectivity index (χ4n) is 3.47. The van der Waals surface area contributed by atoms with Gasteiger partial charge in [0.2, 0.25) is 0 Å². The molecule has 6 heteroatoms. The zero-order chi connectivity index (χ0) is 20.1. The summed E-state index contributed by atoms with van der Waals surface area (Å²) < 4.78 is 0. The Labute approximate surface area is 171 Å². The Morgan fingerprint density at radius 1 is 1.14 bits per heavy atom. The molecule has 0 aromatic heterocycles. The van der Waals surface area contributed by atoms with E-state index in [-0.39, 0.29) is 0 Å². The highest BCUT2D eigenvalue weighted by Crippen LogP contribution is 2.27. The van der Waals surface area contributed by atoms with Gasteiger partial charge in [-0.05, 0) is 68.0 Å². The van der Waals surface area contributed by atoms with Crippen LogP contribution in [0.2, 0.25) is 5.02 Å². The van der Waals surface area contributed by atoms with Gasteiger partial charge in [0.1, 0.15) is 0 Å². The average Bonchev–Trinajstić information content (AvgIpc) is 2.70. The number of nitrogens with zero attached hydrogens (tertiary/aromatic N) is 1. The van der Waals surface area contributed by atoms with E-state index in [2.05, 4.69) is 40.7 Å². The molecule has 0 fully saturated rings. The van der Waals surface area contributed by atoms with Crippen LogP contribution in [0.1, 0.15) is 30.0 Å². The van der Waals surface area contributed by atoms with Gasteiger partial charge < -0.3 is 15.5 Å². The fraction of sp³-hybridized carbons (Fsp3) is 0.364. The molecule has 0 spiro atoms. The normalized spacial score (nSPS) is 13.0. The Balaban J connectivity index is 1.51. The number of nitrogens with one attached hydrogen (secondary N) is 2. The number of hydrogen-bond acceptors (Lipinski definition) is 3. The second-order valence-electron chi connectivity index (χ2n) is 7.07. The van der Waals surface area contributed by atoms with Gasteiger partial charge in [0.15, 0.2) is 0 Å². The zero-order valence-corrected chi connectivity index (χ0v) is 17.1. The Hall–Kier alpha value is -2.53. The van der Waals surface area contributed by atoms with E-state index < -0.39 is 11.8 Å². The molecule has 2 amide bonds. The van der Waals surface area contributed by atoms with Crippen molar-refractivity contribution in [3.05, 3.63) is 58.1 Å². The number of carbonyl (C=O) groups is 2. The van der Waals surface area contributed by atoms with E-state index in [9.17, 15) is 9.59 Å². The largest absolute Gasteiger partial charge is 0.372 e. The number of aryl methyl sites for hydroxylation is 2. The molecule has 2 aromatic carbocycles. The molecule has 148 valence electrons. The van der Waals surface area contributed by atoms with E-state index >= 15 is 0 Å². The van der Waals surface area contributed by atoms with Gasteiger partial charge in [0.05, 0.1) is 0 Å². The number of halogens is 1. The summed E-state index contributed by atoms with van der Waals surface area (Å²) in [7, 11) is 0. The monoisotopic (exact) mass is 399 g/mol.